The maximum absolute atomic E-state index is 13.2. The zero-order chi connectivity index (χ0) is 24.4. The molecular weight excluding hydrogens is 438 g/mol. The van der Waals surface area contributed by atoms with Crippen LogP contribution in [0.1, 0.15) is 48.9 Å². The van der Waals surface area contributed by atoms with Crippen LogP contribution in [0, 0.1) is 5.92 Å². The van der Waals surface area contributed by atoms with Crippen LogP contribution in [0.25, 0.3) is 11.0 Å². The van der Waals surface area contributed by atoms with Gasteiger partial charge in [0.05, 0.1) is 17.6 Å². The average Bonchev–Trinajstić information content (AvgIpc) is 3.27. The maximum atomic E-state index is 13.2. The van der Waals surface area contributed by atoms with Crippen molar-refractivity contribution in [2.45, 2.75) is 39.3 Å². The quantitative estimate of drug-likeness (QED) is 0.565. The Morgan fingerprint density at radius 2 is 1.49 bits per heavy atom. The monoisotopic (exact) mass is 473 g/mol. The van der Waals surface area contributed by atoms with Gasteiger partial charge in [-0.3, -0.25) is 14.5 Å². The SMILES string of the molecule is CC(C)n1c(CN2CCC(C(=O)N3CCN(C(=O)c4ccccc4)CC3)CC2)nc2ccccc21. The van der Waals surface area contributed by atoms with Gasteiger partial charge in [0, 0.05) is 43.7 Å². The number of benzene rings is 2. The van der Waals surface area contributed by atoms with E-state index in [1.54, 1.807) is 0 Å². The van der Waals surface area contributed by atoms with Gasteiger partial charge in [-0.1, -0.05) is 30.3 Å². The molecule has 0 N–H and O–H groups in total. The van der Waals surface area contributed by atoms with Gasteiger partial charge in [-0.25, -0.2) is 4.98 Å². The number of hydrogen-bond donors (Lipinski definition) is 0. The van der Waals surface area contributed by atoms with E-state index < -0.39 is 0 Å². The molecule has 1 aromatic heterocycles. The second-order valence-corrected chi connectivity index (χ2v) is 10.0. The lowest BCUT2D eigenvalue weighted by Crippen LogP contribution is -2.53. The van der Waals surface area contributed by atoms with Gasteiger partial charge < -0.3 is 14.4 Å². The van der Waals surface area contributed by atoms with Crippen LogP contribution >= 0.6 is 0 Å². The summed E-state index contributed by atoms with van der Waals surface area (Å²) in [6, 6.07) is 18.1. The molecule has 2 aliphatic heterocycles. The second-order valence-electron chi connectivity index (χ2n) is 10.0. The van der Waals surface area contributed by atoms with E-state index in [4.69, 9.17) is 4.98 Å². The number of aromatic nitrogens is 2. The first kappa shape index (κ1) is 23.5. The van der Waals surface area contributed by atoms with Crippen molar-refractivity contribution in [1.82, 2.24) is 24.3 Å². The summed E-state index contributed by atoms with van der Waals surface area (Å²) in [6.45, 7) is 9.48. The number of carbonyl (C=O) groups is 2. The lowest BCUT2D eigenvalue weighted by atomic mass is 9.95. The number of likely N-dealkylation sites (tertiary alicyclic amines) is 1. The zero-order valence-electron chi connectivity index (χ0n) is 20.8. The Hall–Kier alpha value is -3.19. The number of fused-ring (bicyclic) bond motifs is 1. The van der Waals surface area contributed by atoms with Gasteiger partial charge >= 0.3 is 0 Å². The minimum absolute atomic E-state index is 0.0541. The summed E-state index contributed by atoms with van der Waals surface area (Å²) in [5.74, 6) is 1.49. The zero-order valence-corrected chi connectivity index (χ0v) is 20.8. The highest BCUT2D eigenvalue weighted by Gasteiger charge is 2.32. The topological polar surface area (TPSA) is 61.7 Å². The van der Waals surface area contributed by atoms with Crippen LogP contribution in [0.4, 0.5) is 0 Å². The summed E-state index contributed by atoms with van der Waals surface area (Å²) in [4.78, 5) is 37.1. The van der Waals surface area contributed by atoms with Crippen LogP contribution in [-0.4, -0.2) is 75.3 Å². The molecule has 3 heterocycles. The van der Waals surface area contributed by atoms with E-state index in [-0.39, 0.29) is 17.7 Å². The highest BCUT2D eigenvalue weighted by Crippen LogP contribution is 2.25. The molecule has 2 aromatic carbocycles. The number of carbonyl (C=O) groups excluding carboxylic acids is 2. The van der Waals surface area contributed by atoms with Gasteiger partial charge in [-0.15, -0.1) is 0 Å². The van der Waals surface area contributed by atoms with Crippen molar-refractivity contribution < 1.29 is 9.59 Å². The summed E-state index contributed by atoms with van der Waals surface area (Å²) < 4.78 is 2.34. The second kappa shape index (κ2) is 10.2. The molecule has 2 aliphatic rings. The molecule has 35 heavy (non-hydrogen) atoms. The summed E-state index contributed by atoms with van der Waals surface area (Å²) in [5.41, 5.74) is 2.95. The standard InChI is InChI=1S/C28H35N5O2/c1-21(2)33-25-11-7-6-10-24(25)29-26(33)20-30-14-12-23(13-15-30)28(35)32-18-16-31(17-19-32)27(34)22-8-4-3-5-9-22/h3-11,21,23H,12-20H2,1-2H3. The van der Waals surface area contributed by atoms with Crippen LogP contribution in [-0.2, 0) is 11.3 Å². The highest BCUT2D eigenvalue weighted by atomic mass is 16.2. The number of piperazine rings is 1. The number of rotatable bonds is 5. The lowest BCUT2D eigenvalue weighted by Gasteiger charge is -2.38. The number of hydrogen-bond acceptors (Lipinski definition) is 4. The fraction of sp³-hybridized carbons (Fsp3) is 0.464. The minimum atomic E-state index is 0.0541. The molecule has 0 aliphatic carbocycles. The Labute approximate surface area is 207 Å². The summed E-state index contributed by atoms with van der Waals surface area (Å²) in [7, 11) is 0. The fourth-order valence-electron chi connectivity index (χ4n) is 5.47. The molecule has 0 radical (unpaired) electrons. The highest BCUT2D eigenvalue weighted by molar-refractivity contribution is 5.94. The normalized spacial score (nSPS) is 17.9. The van der Waals surface area contributed by atoms with Gasteiger partial charge in [0.2, 0.25) is 5.91 Å². The molecule has 7 nitrogen and oxygen atoms in total. The predicted molar refractivity (Wildman–Crippen MR) is 137 cm³/mol. The Kier molecular flexibility index (Phi) is 6.86. The van der Waals surface area contributed by atoms with E-state index in [9.17, 15) is 9.59 Å². The molecule has 5 rings (SSSR count). The third kappa shape index (κ3) is 4.96. The number of amides is 2. The summed E-state index contributed by atoms with van der Waals surface area (Å²) in [5, 5.41) is 0. The van der Waals surface area contributed by atoms with Crippen LogP contribution in [0.2, 0.25) is 0 Å². The van der Waals surface area contributed by atoms with Crippen molar-refractivity contribution in [2.75, 3.05) is 39.3 Å². The molecule has 0 unspecified atom stereocenters. The van der Waals surface area contributed by atoms with Gasteiger partial charge in [-0.05, 0) is 64.0 Å². The van der Waals surface area contributed by atoms with E-state index in [1.165, 1.54) is 5.52 Å². The molecule has 0 spiro atoms. The molecule has 3 aromatic rings. The molecule has 0 bridgehead atoms. The van der Waals surface area contributed by atoms with Gasteiger partial charge in [0.15, 0.2) is 0 Å². The average molecular weight is 474 g/mol. The first-order valence-corrected chi connectivity index (χ1v) is 12.8. The molecule has 2 amide bonds. The number of imidazole rings is 1. The molecular formula is C28H35N5O2. The Morgan fingerprint density at radius 3 is 2.17 bits per heavy atom. The van der Waals surface area contributed by atoms with Crippen LogP contribution in [0.15, 0.2) is 54.6 Å². The van der Waals surface area contributed by atoms with Gasteiger partial charge in [0.25, 0.3) is 5.91 Å². The Balaban J connectivity index is 1.14. The first-order valence-electron chi connectivity index (χ1n) is 12.8. The minimum Gasteiger partial charge on any atom is -0.339 e. The number of piperidine rings is 1. The van der Waals surface area contributed by atoms with Crippen LogP contribution in [0.3, 0.4) is 0 Å². The van der Waals surface area contributed by atoms with E-state index in [1.807, 2.05) is 46.2 Å². The predicted octanol–water partition coefficient (Wildman–Crippen LogP) is 3.81. The summed E-state index contributed by atoms with van der Waals surface area (Å²) in [6.07, 6.45) is 1.76. The number of para-hydroxylation sites is 2. The molecule has 2 fully saturated rings. The van der Waals surface area contributed by atoms with E-state index >= 15 is 0 Å². The third-order valence-corrected chi connectivity index (χ3v) is 7.39. The van der Waals surface area contributed by atoms with Crippen molar-refractivity contribution in [3.63, 3.8) is 0 Å². The van der Waals surface area contributed by atoms with Crippen molar-refractivity contribution in [1.29, 1.82) is 0 Å². The Bertz CT molecular complexity index is 1170. The summed E-state index contributed by atoms with van der Waals surface area (Å²) >= 11 is 0. The molecule has 0 atom stereocenters. The van der Waals surface area contributed by atoms with E-state index in [2.05, 4.69) is 41.5 Å². The molecule has 184 valence electrons. The van der Waals surface area contributed by atoms with Crippen molar-refractivity contribution in [3.05, 3.63) is 66.0 Å². The van der Waals surface area contributed by atoms with Crippen LogP contribution < -0.4 is 0 Å². The van der Waals surface area contributed by atoms with Crippen molar-refractivity contribution >= 4 is 22.8 Å². The smallest absolute Gasteiger partial charge is 0.253 e. The van der Waals surface area contributed by atoms with Crippen LogP contribution in [0.5, 0.6) is 0 Å². The largest absolute Gasteiger partial charge is 0.339 e. The molecule has 0 saturated carbocycles. The van der Waals surface area contributed by atoms with Gasteiger partial charge in [0.1, 0.15) is 5.82 Å². The molecule has 2 saturated heterocycles. The number of nitrogens with zero attached hydrogens (tertiary/aromatic N) is 5. The fourth-order valence-corrected chi connectivity index (χ4v) is 5.47. The molecule has 7 heteroatoms. The van der Waals surface area contributed by atoms with E-state index in [0.29, 0.717) is 37.8 Å². The third-order valence-electron chi connectivity index (χ3n) is 7.39. The van der Waals surface area contributed by atoms with Crippen molar-refractivity contribution in [3.8, 4) is 0 Å². The lowest BCUT2D eigenvalue weighted by molar-refractivity contribution is -0.138. The van der Waals surface area contributed by atoms with Gasteiger partial charge in [-0.2, -0.15) is 0 Å². The van der Waals surface area contributed by atoms with E-state index in [0.717, 1.165) is 43.8 Å². The Morgan fingerprint density at radius 1 is 0.857 bits per heavy atom. The van der Waals surface area contributed by atoms with Crippen molar-refractivity contribution in [2.24, 2.45) is 5.92 Å². The maximum Gasteiger partial charge on any atom is 0.253 e. The first-order chi connectivity index (χ1) is 17.0.